The average molecular weight is 560 g/mol. The molecule has 41 heavy (non-hydrogen) atoms. The summed E-state index contributed by atoms with van der Waals surface area (Å²) in [7, 11) is 3.98. The van der Waals surface area contributed by atoms with Crippen LogP contribution in [0, 0.1) is 0 Å². The van der Waals surface area contributed by atoms with E-state index in [4.69, 9.17) is 15.2 Å². The molecule has 6 rings (SSSR count). The largest absolute Gasteiger partial charge is 0.495 e. The van der Waals surface area contributed by atoms with Crippen molar-refractivity contribution in [2.24, 2.45) is 0 Å². The van der Waals surface area contributed by atoms with Crippen molar-refractivity contribution < 1.29 is 9.47 Å². The van der Waals surface area contributed by atoms with Gasteiger partial charge in [-0.1, -0.05) is 13.0 Å². The van der Waals surface area contributed by atoms with Crippen LogP contribution in [0.5, 0.6) is 5.75 Å². The van der Waals surface area contributed by atoms with Gasteiger partial charge in [0.2, 0.25) is 0 Å². The number of aromatic nitrogens is 2. The molecule has 220 valence electrons. The second kappa shape index (κ2) is 12.4. The molecule has 0 amide bonds. The van der Waals surface area contributed by atoms with Gasteiger partial charge in [0.15, 0.2) is 5.82 Å². The van der Waals surface area contributed by atoms with E-state index in [-0.39, 0.29) is 0 Å². The van der Waals surface area contributed by atoms with E-state index in [1.807, 2.05) is 0 Å². The highest BCUT2D eigenvalue weighted by Gasteiger charge is 2.28. The van der Waals surface area contributed by atoms with E-state index >= 15 is 0 Å². The Morgan fingerprint density at radius 1 is 0.951 bits per heavy atom. The molecule has 0 atom stereocenters. The number of nitrogens with one attached hydrogen (secondary N) is 1. The summed E-state index contributed by atoms with van der Waals surface area (Å²) in [4.78, 5) is 7.60. The lowest BCUT2D eigenvalue weighted by Crippen LogP contribution is -2.52. The van der Waals surface area contributed by atoms with E-state index < -0.39 is 0 Å². The molecule has 3 aliphatic rings. The van der Waals surface area contributed by atoms with E-state index in [2.05, 4.69) is 74.5 Å². The maximum atomic E-state index is 6.36. The summed E-state index contributed by atoms with van der Waals surface area (Å²) in [5.41, 5.74) is 11.7. The van der Waals surface area contributed by atoms with Crippen LogP contribution < -0.4 is 20.7 Å². The zero-order valence-electron chi connectivity index (χ0n) is 24.9. The summed E-state index contributed by atoms with van der Waals surface area (Å²) < 4.78 is 11.5. The average Bonchev–Trinajstić information content (AvgIpc) is 3.02. The first kappa shape index (κ1) is 28.0. The first-order valence-electron chi connectivity index (χ1n) is 15.3. The fourth-order valence-corrected chi connectivity index (χ4v) is 6.71. The second-order valence-corrected chi connectivity index (χ2v) is 11.8. The van der Waals surface area contributed by atoms with Crippen molar-refractivity contribution >= 4 is 28.0 Å². The van der Waals surface area contributed by atoms with Gasteiger partial charge < -0.3 is 30.3 Å². The number of hydrogen-bond acceptors (Lipinski definition) is 9. The van der Waals surface area contributed by atoms with Gasteiger partial charge in [-0.15, -0.1) is 10.2 Å². The lowest BCUT2D eigenvalue weighted by Gasteiger charge is -2.42. The zero-order chi connectivity index (χ0) is 28.3. The van der Waals surface area contributed by atoms with Crippen LogP contribution >= 0.6 is 0 Å². The van der Waals surface area contributed by atoms with Crippen molar-refractivity contribution in [2.75, 3.05) is 82.6 Å². The molecule has 9 nitrogen and oxygen atoms in total. The van der Waals surface area contributed by atoms with Gasteiger partial charge in [0.25, 0.3) is 0 Å². The van der Waals surface area contributed by atoms with Crippen molar-refractivity contribution in [3.05, 3.63) is 35.9 Å². The summed E-state index contributed by atoms with van der Waals surface area (Å²) in [5.74, 6) is 1.33. The van der Waals surface area contributed by atoms with E-state index in [0.717, 1.165) is 84.7 Å². The monoisotopic (exact) mass is 559 g/mol. The maximum Gasteiger partial charge on any atom is 0.154 e. The molecule has 3 aromatic rings. The molecule has 0 aliphatic carbocycles. The van der Waals surface area contributed by atoms with Crippen LogP contribution in [-0.4, -0.2) is 98.7 Å². The molecule has 9 heteroatoms. The maximum absolute atomic E-state index is 6.36. The molecule has 0 radical (unpaired) electrons. The van der Waals surface area contributed by atoms with Gasteiger partial charge in [0.05, 0.1) is 12.8 Å². The fourth-order valence-electron chi connectivity index (χ4n) is 6.71. The van der Waals surface area contributed by atoms with E-state index in [9.17, 15) is 0 Å². The van der Waals surface area contributed by atoms with Crippen molar-refractivity contribution in [1.29, 1.82) is 0 Å². The molecule has 1 aromatic heterocycles. The first-order valence-corrected chi connectivity index (χ1v) is 15.3. The lowest BCUT2D eigenvalue weighted by atomic mass is 9.98. The van der Waals surface area contributed by atoms with Crippen molar-refractivity contribution in [3.63, 3.8) is 0 Å². The van der Waals surface area contributed by atoms with Crippen LogP contribution in [0.4, 0.5) is 17.2 Å². The van der Waals surface area contributed by atoms with Gasteiger partial charge in [-0.3, -0.25) is 4.90 Å². The molecule has 0 bridgehead atoms. The summed E-state index contributed by atoms with van der Waals surface area (Å²) >= 11 is 0. The third kappa shape index (κ3) is 5.94. The summed E-state index contributed by atoms with van der Waals surface area (Å²) in [6.07, 6.45) is 5.30. The third-order valence-corrected chi connectivity index (χ3v) is 9.31. The van der Waals surface area contributed by atoms with Crippen molar-refractivity contribution in [2.45, 2.75) is 51.1 Å². The molecular formula is C32H45N7O2. The van der Waals surface area contributed by atoms with Crippen LogP contribution in [-0.2, 0) is 11.2 Å². The van der Waals surface area contributed by atoms with Gasteiger partial charge >= 0.3 is 0 Å². The van der Waals surface area contributed by atoms with Crippen LogP contribution in [0.1, 0.15) is 38.2 Å². The number of piperazine rings is 1. The predicted molar refractivity (Wildman–Crippen MR) is 167 cm³/mol. The van der Waals surface area contributed by atoms with Crippen LogP contribution in [0.2, 0.25) is 0 Å². The lowest BCUT2D eigenvalue weighted by molar-refractivity contribution is 0.0904. The highest BCUT2D eigenvalue weighted by Crippen LogP contribution is 2.39. The molecular weight excluding hydrogens is 514 g/mol. The smallest absolute Gasteiger partial charge is 0.154 e. The Labute approximate surface area is 244 Å². The van der Waals surface area contributed by atoms with Crippen molar-refractivity contribution in [1.82, 2.24) is 20.0 Å². The molecule has 4 heterocycles. The number of nitrogens with two attached hydrogens (primary N) is 1. The topological polar surface area (TPSA) is 92.0 Å². The molecule has 0 spiro atoms. The van der Waals surface area contributed by atoms with E-state index in [0.29, 0.717) is 17.9 Å². The predicted octanol–water partition coefficient (Wildman–Crippen LogP) is 4.26. The molecule has 3 fully saturated rings. The number of aryl methyl sites for hydroxylation is 1. The Morgan fingerprint density at radius 2 is 1.71 bits per heavy atom. The number of piperidine rings is 1. The Kier molecular flexibility index (Phi) is 8.46. The number of ether oxygens (including phenoxy) is 2. The summed E-state index contributed by atoms with van der Waals surface area (Å²) in [6, 6.07) is 11.9. The Balaban J connectivity index is 1.26. The number of fused-ring (bicyclic) bond motifs is 1. The Hall–Kier alpha value is -3.14. The normalized spacial score (nSPS) is 20.0. The van der Waals surface area contributed by atoms with E-state index in [1.165, 1.54) is 44.6 Å². The first-order chi connectivity index (χ1) is 20.0. The Morgan fingerprint density at radius 3 is 2.41 bits per heavy atom. The SMILES string of the molecule is CCc1cc2c(N)nnc(-c3ccc(N4CCC(N5CCN(C)CC5)CC4)c(OC)c3)c2cc1NC1CCOCC1. The number of nitrogens with zero attached hydrogens (tertiary/aromatic N) is 5. The molecule has 0 saturated carbocycles. The van der Waals surface area contributed by atoms with Gasteiger partial charge in [-0.25, -0.2) is 0 Å². The molecule has 2 aromatic carbocycles. The standard InChI is InChI=1S/C32H45N7O2/c1-4-22-19-27-26(21-28(22)34-24-9-17-41-18-10-24)31(35-36-32(27)33)23-5-6-29(30(20-23)40-3)39-11-7-25(8-12-39)38-15-13-37(2)14-16-38/h5-6,19-21,24-25,34H,4,7-18H2,1-3H3,(H2,33,36). The number of benzene rings is 2. The minimum atomic E-state index is 0.405. The Bertz CT molecular complexity index is 1340. The van der Waals surface area contributed by atoms with Crippen LogP contribution in [0.15, 0.2) is 30.3 Å². The van der Waals surface area contributed by atoms with Gasteiger partial charge in [-0.2, -0.15) is 0 Å². The quantitative estimate of drug-likeness (QED) is 0.441. The molecule has 3 saturated heterocycles. The van der Waals surface area contributed by atoms with Crippen LogP contribution in [0.25, 0.3) is 22.0 Å². The highest BCUT2D eigenvalue weighted by atomic mass is 16.5. The summed E-state index contributed by atoms with van der Waals surface area (Å²) in [6.45, 7) is 10.6. The molecule has 3 aliphatic heterocycles. The number of anilines is 3. The minimum Gasteiger partial charge on any atom is -0.495 e. The minimum absolute atomic E-state index is 0.405. The number of nitrogen functional groups attached to an aromatic ring is 1. The third-order valence-electron chi connectivity index (χ3n) is 9.31. The van der Waals surface area contributed by atoms with Crippen LogP contribution in [0.3, 0.4) is 0 Å². The number of likely N-dealkylation sites (N-methyl/N-ethyl adjacent to an activating group) is 1. The number of methoxy groups -OCH3 is 1. The van der Waals surface area contributed by atoms with Crippen molar-refractivity contribution in [3.8, 4) is 17.0 Å². The zero-order valence-corrected chi connectivity index (χ0v) is 24.9. The molecule has 3 N–H and O–H groups in total. The van der Waals surface area contributed by atoms with Gasteiger partial charge in [-0.05, 0) is 69.0 Å². The fraction of sp³-hybridized carbons (Fsp3) is 0.562. The number of hydrogen-bond donors (Lipinski definition) is 2. The van der Waals surface area contributed by atoms with Gasteiger partial charge in [0, 0.05) is 86.6 Å². The summed E-state index contributed by atoms with van der Waals surface area (Å²) in [5, 5.41) is 14.7. The highest BCUT2D eigenvalue weighted by molar-refractivity contribution is 6.02. The second-order valence-electron chi connectivity index (χ2n) is 11.8. The van der Waals surface area contributed by atoms with E-state index in [1.54, 1.807) is 7.11 Å². The molecule has 0 unspecified atom stereocenters. The van der Waals surface area contributed by atoms with Gasteiger partial charge in [0.1, 0.15) is 11.4 Å². The number of rotatable bonds is 7.